The van der Waals surface area contributed by atoms with Crippen molar-refractivity contribution in [2.45, 2.75) is 27.3 Å². The number of nitrogens with one attached hydrogen (secondary N) is 1. The molecule has 1 N–H and O–H groups in total. The highest BCUT2D eigenvalue weighted by molar-refractivity contribution is 14.0. The number of thiazole rings is 1. The molecule has 0 saturated carbocycles. The number of aryl methyl sites for hydroxylation is 2. The van der Waals surface area contributed by atoms with Gasteiger partial charge in [-0.2, -0.15) is 0 Å². The standard InChI is InChI=1S/C20H29N5OS.HI/c1-5-21-20(22-14-19-15(2)23-16(3)27-19)25-11-9-24(10-12-25)17-7-6-8-18(13-17)26-4;/h6-8,13H,5,9-12,14H2,1-4H3,(H,21,22);1H. The van der Waals surface area contributed by atoms with E-state index >= 15 is 0 Å². The summed E-state index contributed by atoms with van der Waals surface area (Å²) in [6.45, 7) is 11.6. The van der Waals surface area contributed by atoms with Gasteiger partial charge in [0, 0.05) is 49.4 Å². The maximum Gasteiger partial charge on any atom is 0.194 e. The van der Waals surface area contributed by atoms with E-state index < -0.39 is 0 Å². The molecular weight excluding hydrogens is 485 g/mol. The second-order valence-corrected chi connectivity index (χ2v) is 7.87. The van der Waals surface area contributed by atoms with Crippen LogP contribution in [0.1, 0.15) is 22.5 Å². The number of anilines is 1. The number of piperazine rings is 1. The molecule has 0 bridgehead atoms. The molecule has 0 aliphatic carbocycles. The molecule has 3 rings (SSSR count). The molecule has 0 atom stereocenters. The molecule has 0 amide bonds. The summed E-state index contributed by atoms with van der Waals surface area (Å²) in [6.07, 6.45) is 0. The third-order valence-electron chi connectivity index (χ3n) is 4.70. The Balaban J connectivity index is 0.00000280. The normalized spacial score (nSPS) is 14.6. The van der Waals surface area contributed by atoms with E-state index in [9.17, 15) is 0 Å². The van der Waals surface area contributed by atoms with Crippen molar-refractivity contribution in [3.8, 4) is 5.75 Å². The number of aromatic nitrogens is 1. The zero-order chi connectivity index (χ0) is 19.2. The molecule has 1 aromatic carbocycles. The molecule has 28 heavy (non-hydrogen) atoms. The van der Waals surface area contributed by atoms with Gasteiger partial charge in [-0.15, -0.1) is 35.3 Å². The van der Waals surface area contributed by atoms with Crippen LogP contribution >= 0.6 is 35.3 Å². The quantitative estimate of drug-likeness (QED) is 0.374. The van der Waals surface area contributed by atoms with Crippen LogP contribution in [0.3, 0.4) is 0 Å². The number of hydrogen-bond acceptors (Lipinski definition) is 5. The van der Waals surface area contributed by atoms with Gasteiger partial charge in [-0.05, 0) is 32.9 Å². The van der Waals surface area contributed by atoms with E-state index in [1.807, 2.05) is 19.1 Å². The summed E-state index contributed by atoms with van der Waals surface area (Å²) in [5.74, 6) is 1.90. The number of aliphatic imine (C=N–C) groups is 1. The SMILES string of the molecule is CCNC(=NCc1sc(C)nc1C)N1CCN(c2cccc(OC)c2)CC1.I. The van der Waals surface area contributed by atoms with Crippen molar-refractivity contribution in [1.29, 1.82) is 0 Å². The Bertz CT molecular complexity index is 787. The van der Waals surface area contributed by atoms with Crippen molar-refractivity contribution in [2.24, 2.45) is 4.99 Å². The predicted molar refractivity (Wildman–Crippen MR) is 129 cm³/mol. The highest BCUT2D eigenvalue weighted by Crippen LogP contribution is 2.22. The van der Waals surface area contributed by atoms with Gasteiger partial charge in [0.05, 0.1) is 24.4 Å². The first-order valence-electron chi connectivity index (χ1n) is 9.46. The molecule has 1 aromatic heterocycles. The summed E-state index contributed by atoms with van der Waals surface area (Å²) in [6, 6.07) is 8.28. The minimum atomic E-state index is 0. The molecular formula is C20H30IN5OS. The molecule has 1 saturated heterocycles. The lowest BCUT2D eigenvalue weighted by molar-refractivity contribution is 0.372. The molecule has 1 aliphatic heterocycles. The number of rotatable bonds is 5. The first-order chi connectivity index (χ1) is 13.1. The van der Waals surface area contributed by atoms with Gasteiger partial charge >= 0.3 is 0 Å². The minimum Gasteiger partial charge on any atom is -0.497 e. The molecule has 2 aromatic rings. The van der Waals surface area contributed by atoms with Crippen molar-refractivity contribution < 1.29 is 4.74 Å². The number of benzene rings is 1. The topological polar surface area (TPSA) is 53.0 Å². The largest absolute Gasteiger partial charge is 0.497 e. The molecule has 0 unspecified atom stereocenters. The van der Waals surface area contributed by atoms with Crippen LogP contribution in [-0.4, -0.2) is 55.7 Å². The third-order valence-corrected chi connectivity index (χ3v) is 5.76. The minimum absolute atomic E-state index is 0. The monoisotopic (exact) mass is 515 g/mol. The molecule has 2 heterocycles. The molecule has 0 spiro atoms. The number of hydrogen-bond donors (Lipinski definition) is 1. The van der Waals surface area contributed by atoms with E-state index in [1.54, 1.807) is 18.4 Å². The summed E-state index contributed by atoms with van der Waals surface area (Å²) in [4.78, 5) is 15.4. The summed E-state index contributed by atoms with van der Waals surface area (Å²) in [5.41, 5.74) is 2.31. The van der Waals surface area contributed by atoms with E-state index in [1.165, 1.54) is 10.6 Å². The second kappa shape index (κ2) is 10.8. The highest BCUT2D eigenvalue weighted by Gasteiger charge is 2.20. The van der Waals surface area contributed by atoms with Crippen LogP contribution in [-0.2, 0) is 6.54 Å². The average Bonchev–Trinajstić information content (AvgIpc) is 3.02. The van der Waals surface area contributed by atoms with E-state index in [2.05, 4.69) is 46.1 Å². The van der Waals surface area contributed by atoms with Gasteiger partial charge in [0.2, 0.25) is 0 Å². The van der Waals surface area contributed by atoms with Gasteiger partial charge in [-0.1, -0.05) is 6.07 Å². The number of nitrogens with zero attached hydrogens (tertiary/aromatic N) is 4. The molecule has 8 heteroatoms. The Kier molecular flexibility index (Phi) is 8.81. The van der Waals surface area contributed by atoms with Crippen LogP contribution in [0.15, 0.2) is 29.3 Å². The fourth-order valence-electron chi connectivity index (χ4n) is 3.28. The summed E-state index contributed by atoms with van der Waals surface area (Å²) in [5, 5.41) is 4.55. The second-order valence-electron chi connectivity index (χ2n) is 6.59. The molecule has 0 radical (unpaired) electrons. The van der Waals surface area contributed by atoms with Crippen LogP contribution in [0.25, 0.3) is 0 Å². The maximum absolute atomic E-state index is 5.35. The van der Waals surface area contributed by atoms with Crippen molar-refractivity contribution in [3.05, 3.63) is 39.8 Å². The van der Waals surface area contributed by atoms with Crippen molar-refractivity contribution in [2.75, 3.05) is 44.7 Å². The summed E-state index contributed by atoms with van der Waals surface area (Å²) >= 11 is 1.74. The smallest absolute Gasteiger partial charge is 0.194 e. The maximum atomic E-state index is 5.35. The number of ether oxygens (including phenoxy) is 1. The molecule has 154 valence electrons. The zero-order valence-corrected chi connectivity index (χ0v) is 20.2. The van der Waals surface area contributed by atoms with E-state index in [0.717, 1.165) is 55.1 Å². The Morgan fingerprint density at radius 2 is 2.00 bits per heavy atom. The van der Waals surface area contributed by atoms with Crippen molar-refractivity contribution in [3.63, 3.8) is 0 Å². The van der Waals surface area contributed by atoms with Gasteiger partial charge in [-0.3, -0.25) is 0 Å². The highest BCUT2D eigenvalue weighted by atomic mass is 127. The molecule has 6 nitrogen and oxygen atoms in total. The van der Waals surface area contributed by atoms with Crippen molar-refractivity contribution in [1.82, 2.24) is 15.2 Å². The van der Waals surface area contributed by atoms with Crippen molar-refractivity contribution >= 4 is 47.0 Å². The summed E-state index contributed by atoms with van der Waals surface area (Å²) < 4.78 is 5.35. The number of methoxy groups -OCH3 is 1. The van der Waals surface area contributed by atoms with E-state index in [0.29, 0.717) is 6.54 Å². The average molecular weight is 515 g/mol. The van der Waals surface area contributed by atoms with E-state index in [4.69, 9.17) is 9.73 Å². The first kappa shape index (κ1) is 22.7. The Morgan fingerprint density at radius 3 is 2.61 bits per heavy atom. The molecule has 1 fully saturated rings. The van der Waals surface area contributed by atoms with Crippen LogP contribution in [0.5, 0.6) is 5.75 Å². The van der Waals surface area contributed by atoms with Gasteiger partial charge in [0.25, 0.3) is 0 Å². The van der Waals surface area contributed by atoms with Crippen LogP contribution < -0.4 is 15.0 Å². The van der Waals surface area contributed by atoms with Gasteiger partial charge in [0.1, 0.15) is 5.75 Å². The summed E-state index contributed by atoms with van der Waals surface area (Å²) in [7, 11) is 1.71. The fraction of sp³-hybridized carbons (Fsp3) is 0.500. The third kappa shape index (κ3) is 5.73. The number of guanidine groups is 1. The Labute approximate surface area is 189 Å². The lowest BCUT2D eigenvalue weighted by Crippen LogP contribution is -2.52. The first-order valence-corrected chi connectivity index (χ1v) is 10.3. The van der Waals surface area contributed by atoms with E-state index in [-0.39, 0.29) is 24.0 Å². The molecule has 1 aliphatic rings. The van der Waals surface area contributed by atoms with Gasteiger partial charge in [-0.25, -0.2) is 9.98 Å². The van der Waals surface area contributed by atoms with Crippen LogP contribution in [0.2, 0.25) is 0 Å². The lowest BCUT2D eigenvalue weighted by Gasteiger charge is -2.37. The van der Waals surface area contributed by atoms with Gasteiger partial charge in [0.15, 0.2) is 5.96 Å². The van der Waals surface area contributed by atoms with Crippen LogP contribution in [0.4, 0.5) is 5.69 Å². The van der Waals surface area contributed by atoms with Gasteiger partial charge < -0.3 is 19.9 Å². The zero-order valence-electron chi connectivity index (χ0n) is 17.1. The van der Waals surface area contributed by atoms with Crippen LogP contribution in [0, 0.1) is 13.8 Å². The fourth-order valence-corrected chi connectivity index (χ4v) is 4.14. The Morgan fingerprint density at radius 1 is 1.25 bits per heavy atom. The number of halogens is 1. The predicted octanol–water partition coefficient (Wildman–Crippen LogP) is 3.67. The Hall–Kier alpha value is -1.55. The lowest BCUT2D eigenvalue weighted by atomic mass is 10.2.